The number of ether oxygens (including phenoxy) is 1. The lowest BCUT2D eigenvalue weighted by molar-refractivity contribution is 0.0848. The fourth-order valence-electron chi connectivity index (χ4n) is 0.810. The van der Waals surface area contributed by atoms with Gasteiger partial charge in [-0.3, -0.25) is 9.78 Å². The van der Waals surface area contributed by atoms with E-state index in [-0.39, 0.29) is 12.4 Å². The number of pyridine rings is 1. The number of nitrogens with zero attached hydrogens (tertiary/aromatic N) is 1. The number of ketones is 1. The van der Waals surface area contributed by atoms with Crippen LogP contribution in [-0.4, -0.2) is 24.5 Å². The Morgan fingerprint density at radius 1 is 1.75 bits per heavy atom. The molecule has 0 amide bonds. The van der Waals surface area contributed by atoms with Gasteiger partial charge in [-0.2, -0.15) is 0 Å². The van der Waals surface area contributed by atoms with E-state index in [0.717, 1.165) is 0 Å². The van der Waals surface area contributed by atoms with Crippen LogP contribution in [0.2, 0.25) is 5.02 Å². The number of rotatable bonds is 3. The van der Waals surface area contributed by atoms with E-state index in [4.69, 9.17) is 11.6 Å². The minimum atomic E-state index is -0.134. The molecule has 1 rings (SSSR count). The fraction of sp³-hybridized carbons (Fsp3) is 0.250. The molecule has 3 nitrogen and oxygen atoms in total. The van der Waals surface area contributed by atoms with Gasteiger partial charge in [0.05, 0.1) is 5.02 Å². The van der Waals surface area contributed by atoms with Crippen LogP contribution in [0.3, 0.4) is 0 Å². The van der Waals surface area contributed by atoms with Crippen LogP contribution in [-0.2, 0) is 4.74 Å². The topological polar surface area (TPSA) is 39.2 Å². The van der Waals surface area contributed by atoms with Gasteiger partial charge in [0.25, 0.3) is 0 Å². The van der Waals surface area contributed by atoms with Gasteiger partial charge >= 0.3 is 0 Å². The lowest BCUT2D eigenvalue weighted by atomic mass is 10.2. The van der Waals surface area contributed by atoms with Crippen LogP contribution < -0.4 is 0 Å². The number of hydrogen-bond donors (Lipinski definition) is 0. The van der Waals surface area contributed by atoms with E-state index in [9.17, 15) is 4.79 Å². The fourth-order valence-corrected chi connectivity index (χ4v) is 1.03. The van der Waals surface area contributed by atoms with Crippen molar-refractivity contribution in [3.05, 3.63) is 29.0 Å². The molecule has 1 aromatic heterocycles. The first-order valence-electron chi connectivity index (χ1n) is 3.37. The normalized spacial score (nSPS) is 9.83. The largest absolute Gasteiger partial charge is 0.377 e. The molecule has 0 unspecified atom stereocenters. The summed E-state index contributed by atoms with van der Waals surface area (Å²) in [6.07, 6.45) is 2.96. The van der Waals surface area contributed by atoms with E-state index in [1.54, 1.807) is 6.07 Å². The Hall–Kier alpha value is -0.930. The molecule has 0 spiro atoms. The minimum absolute atomic E-state index is 0.0454. The summed E-state index contributed by atoms with van der Waals surface area (Å²) < 4.78 is 4.68. The third kappa shape index (κ3) is 2.03. The molecule has 4 heteroatoms. The van der Waals surface area contributed by atoms with Crippen molar-refractivity contribution < 1.29 is 9.53 Å². The predicted molar refractivity (Wildman–Crippen MR) is 45.5 cm³/mol. The molecule has 0 saturated carbocycles. The molecule has 0 aliphatic rings. The molecule has 0 fully saturated rings. The smallest absolute Gasteiger partial charge is 0.190 e. The summed E-state index contributed by atoms with van der Waals surface area (Å²) in [6, 6.07) is 1.57. The highest BCUT2D eigenvalue weighted by molar-refractivity contribution is 6.33. The summed E-state index contributed by atoms with van der Waals surface area (Å²) in [4.78, 5) is 15.0. The van der Waals surface area contributed by atoms with E-state index in [1.807, 2.05) is 0 Å². The van der Waals surface area contributed by atoms with E-state index < -0.39 is 0 Å². The first-order valence-corrected chi connectivity index (χ1v) is 3.75. The Morgan fingerprint density at radius 2 is 2.50 bits per heavy atom. The Morgan fingerprint density at radius 3 is 3.08 bits per heavy atom. The van der Waals surface area contributed by atoms with Crippen molar-refractivity contribution in [1.82, 2.24) is 4.98 Å². The Bertz CT molecular complexity index is 288. The number of carbonyl (C=O) groups is 1. The maximum atomic E-state index is 11.2. The second-order valence-electron chi connectivity index (χ2n) is 2.21. The molecule has 0 N–H and O–H groups in total. The predicted octanol–water partition coefficient (Wildman–Crippen LogP) is 1.56. The minimum Gasteiger partial charge on any atom is -0.377 e. The van der Waals surface area contributed by atoms with Crippen molar-refractivity contribution in [2.75, 3.05) is 13.7 Å². The second kappa shape index (κ2) is 4.18. The van der Waals surface area contributed by atoms with Crippen LogP contribution in [0, 0.1) is 0 Å². The lowest BCUT2D eigenvalue weighted by Crippen LogP contribution is -2.07. The molecule has 0 aliphatic carbocycles. The molecule has 0 bridgehead atoms. The van der Waals surface area contributed by atoms with Gasteiger partial charge in [-0.25, -0.2) is 0 Å². The van der Waals surface area contributed by atoms with Crippen LogP contribution in [0.25, 0.3) is 0 Å². The van der Waals surface area contributed by atoms with Crippen molar-refractivity contribution >= 4 is 17.4 Å². The highest BCUT2D eigenvalue weighted by Crippen LogP contribution is 2.13. The maximum absolute atomic E-state index is 11.2. The summed E-state index contributed by atoms with van der Waals surface area (Å²) in [5.74, 6) is -0.134. The van der Waals surface area contributed by atoms with Crippen molar-refractivity contribution in [3.63, 3.8) is 0 Å². The third-order valence-corrected chi connectivity index (χ3v) is 1.65. The van der Waals surface area contributed by atoms with Gasteiger partial charge in [-0.15, -0.1) is 0 Å². The van der Waals surface area contributed by atoms with Crippen LogP contribution in [0.4, 0.5) is 0 Å². The molecule has 0 aliphatic heterocycles. The van der Waals surface area contributed by atoms with E-state index >= 15 is 0 Å². The molecule has 0 aromatic carbocycles. The summed E-state index contributed by atoms with van der Waals surface area (Å²) in [5.41, 5.74) is 0.452. The number of methoxy groups -OCH3 is 1. The van der Waals surface area contributed by atoms with Crippen molar-refractivity contribution in [1.29, 1.82) is 0 Å². The Balaban J connectivity index is 2.87. The number of hydrogen-bond acceptors (Lipinski definition) is 3. The molecule has 0 saturated heterocycles. The van der Waals surface area contributed by atoms with Gasteiger partial charge in [0.15, 0.2) is 5.78 Å². The van der Waals surface area contributed by atoms with Gasteiger partial charge in [0.2, 0.25) is 0 Å². The molecule has 1 heterocycles. The zero-order chi connectivity index (χ0) is 8.97. The SMILES string of the molecule is COCC(=O)c1ccncc1Cl. The Kier molecular flexibility index (Phi) is 3.19. The quantitative estimate of drug-likeness (QED) is 0.671. The third-order valence-electron chi connectivity index (χ3n) is 1.35. The average Bonchev–Trinajstić information content (AvgIpc) is 2.05. The first kappa shape index (κ1) is 9.16. The highest BCUT2D eigenvalue weighted by Gasteiger charge is 2.08. The molecular weight excluding hydrogens is 178 g/mol. The van der Waals surface area contributed by atoms with Gasteiger partial charge in [0, 0.05) is 25.1 Å². The van der Waals surface area contributed by atoms with Crippen molar-refractivity contribution in [2.45, 2.75) is 0 Å². The molecule has 12 heavy (non-hydrogen) atoms. The molecule has 64 valence electrons. The maximum Gasteiger partial charge on any atom is 0.190 e. The average molecular weight is 186 g/mol. The van der Waals surface area contributed by atoms with Gasteiger partial charge in [0.1, 0.15) is 6.61 Å². The molecule has 1 aromatic rings. The highest BCUT2D eigenvalue weighted by atomic mass is 35.5. The number of Topliss-reactive ketones (excluding diaryl/α,β-unsaturated/α-hetero) is 1. The van der Waals surface area contributed by atoms with Crippen molar-refractivity contribution in [2.24, 2.45) is 0 Å². The molecular formula is C8H8ClNO2. The van der Waals surface area contributed by atoms with E-state index in [2.05, 4.69) is 9.72 Å². The van der Waals surface area contributed by atoms with Crippen LogP contribution >= 0.6 is 11.6 Å². The number of aromatic nitrogens is 1. The monoisotopic (exact) mass is 185 g/mol. The number of carbonyl (C=O) groups excluding carboxylic acids is 1. The van der Waals surface area contributed by atoms with Crippen molar-refractivity contribution in [3.8, 4) is 0 Å². The molecule has 0 radical (unpaired) electrons. The lowest BCUT2D eigenvalue weighted by Gasteiger charge is -2.00. The summed E-state index contributed by atoms with van der Waals surface area (Å²) in [5, 5.41) is 0.361. The second-order valence-corrected chi connectivity index (χ2v) is 2.62. The Labute approximate surface area is 75.3 Å². The first-order chi connectivity index (χ1) is 5.75. The van der Waals surface area contributed by atoms with Gasteiger partial charge in [-0.1, -0.05) is 11.6 Å². The standard InChI is InChI=1S/C8H8ClNO2/c1-12-5-8(11)6-2-3-10-4-7(6)9/h2-4H,5H2,1H3. The van der Waals surface area contributed by atoms with Crippen LogP contribution in [0.15, 0.2) is 18.5 Å². The van der Waals surface area contributed by atoms with Gasteiger partial charge in [-0.05, 0) is 6.07 Å². The summed E-state index contributed by atoms with van der Waals surface area (Å²) >= 11 is 5.72. The zero-order valence-corrected chi connectivity index (χ0v) is 7.34. The van der Waals surface area contributed by atoms with Gasteiger partial charge < -0.3 is 4.74 Å². The van der Waals surface area contributed by atoms with E-state index in [1.165, 1.54) is 19.5 Å². The summed E-state index contributed by atoms with van der Waals surface area (Å²) in [6.45, 7) is 0.0454. The number of halogens is 1. The van der Waals surface area contributed by atoms with Crippen LogP contribution in [0.1, 0.15) is 10.4 Å². The van der Waals surface area contributed by atoms with Crippen LogP contribution in [0.5, 0.6) is 0 Å². The molecule has 0 atom stereocenters. The summed E-state index contributed by atoms with van der Waals surface area (Å²) in [7, 11) is 1.47. The zero-order valence-electron chi connectivity index (χ0n) is 6.58. The van der Waals surface area contributed by atoms with E-state index in [0.29, 0.717) is 10.6 Å².